The van der Waals surface area contributed by atoms with E-state index < -0.39 is 0 Å². The summed E-state index contributed by atoms with van der Waals surface area (Å²) < 4.78 is 0. The molecule has 2 aliphatic rings. The van der Waals surface area contributed by atoms with Crippen LogP contribution in [0.1, 0.15) is 18.4 Å². The maximum atomic E-state index is 12.8. The van der Waals surface area contributed by atoms with Crippen LogP contribution in [0.15, 0.2) is 54.9 Å². The van der Waals surface area contributed by atoms with Crippen LogP contribution in [0.4, 0.5) is 5.95 Å². The number of piperazine rings is 1. The van der Waals surface area contributed by atoms with Gasteiger partial charge in [-0.15, -0.1) is 0 Å². The Morgan fingerprint density at radius 2 is 1.75 bits per heavy atom. The molecule has 28 heavy (non-hydrogen) atoms. The van der Waals surface area contributed by atoms with E-state index in [4.69, 9.17) is 0 Å². The smallest absolute Gasteiger partial charge is 0.236 e. The van der Waals surface area contributed by atoms with Crippen molar-refractivity contribution in [1.82, 2.24) is 19.8 Å². The molecule has 0 radical (unpaired) electrons. The molecule has 1 amide bonds. The highest BCUT2D eigenvalue weighted by atomic mass is 16.2. The topological polar surface area (TPSA) is 52.6 Å². The molecule has 1 aromatic carbocycles. The molecule has 2 aliphatic heterocycles. The summed E-state index contributed by atoms with van der Waals surface area (Å²) in [7, 11) is 0. The first-order valence-electron chi connectivity index (χ1n) is 10.1. The van der Waals surface area contributed by atoms with Gasteiger partial charge in [0.15, 0.2) is 0 Å². The highest BCUT2D eigenvalue weighted by molar-refractivity contribution is 5.78. The average Bonchev–Trinajstić information content (AvgIpc) is 3.20. The number of likely N-dealkylation sites (tertiary alicyclic amines) is 1. The molecule has 0 spiro atoms. The standard InChI is InChI=1S/C22H27N5O/c28-21(25-14-16-26(17-15-25)22-23-11-5-12-24-22)18-27-13-4-8-20(27)10-9-19-6-2-1-3-7-19/h1-3,5-7,9-12,20H,4,8,13-18H2/b10-9+. The lowest BCUT2D eigenvalue weighted by molar-refractivity contribution is -0.132. The Morgan fingerprint density at radius 3 is 2.50 bits per heavy atom. The Labute approximate surface area is 166 Å². The average molecular weight is 377 g/mol. The lowest BCUT2D eigenvalue weighted by Gasteiger charge is -2.35. The van der Waals surface area contributed by atoms with Crippen molar-refractivity contribution in [3.8, 4) is 0 Å². The lowest BCUT2D eigenvalue weighted by Crippen LogP contribution is -2.52. The maximum absolute atomic E-state index is 12.8. The zero-order valence-electron chi connectivity index (χ0n) is 16.2. The van der Waals surface area contributed by atoms with E-state index in [1.165, 1.54) is 5.56 Å². The third-order valence-corrected chi connectivity index (χ3v) is 5.53. The normalized spacial score (nSPS) is 20.8. The van der Waals surface area contributed by atoms with Crippen molar-refractivity contribution in [2.45, 2.75) is 18.9 Å². The van der Waals surface area contributed by atoms with Gasteiger partial charge < -0.3 is 9.80 Å². The van der Waals surface area contributed by atoms with Crippen LogP contribution < -0.4 is 4.90 Å². The van der Waals surface area contributed by atoms with Gasteiger partial charge in [0, 0.05) is 44.6 Å². The van der Waals surface area contributed by atoms with Crippen LogP contribution in [-0.4, -0.2) is 71.0 Å². The number of rotatable bonds is 5. The van der Waals surface area contributed by atoms with Gasteiger partial charge in [0.05, 0.1) is 6.54 Å². The molecule has 1 atom stereocenters. The molecule has 0 aliphatic carbocycles. The maximum Gasteiger partial charge on any atom is 0.236 e. The summed E-state index contributed by atoms with van der Waals surface area (Å²) in [4.78, 5) is 27.9. The fraction of sp³-hybridized carbons (Fsp3) is 0.409. The van der Waals surface area contributed by atoms with Crippen LogP contribution in [-0.2, 0) is 4.79 Å². The van der Waals surface area contributed by atoms with E-state index in [0.717, 1.165) is 51.5 Å². The van der Waals surface area contributed by atoms with Gasteiger partial charge in [-0.3, -0.25) is 9.69 Å². The Morgan fingerprint density at radius 1 is 1.00 bits per heavy atom. The van der Waals surface area contributed by atoms with Gasteiger partial charge in [-0.2, -0.15) is 0 Å². The van der Waals surface area contributed by atoms with E-state index in [-0.39, 0.29) is 5.91 Å². The zero-order valence-corrected chi connectivity index (χ0v) is 16.2. The third-order valence-electron chi connectivity index (χ3n) is 5.53. The fourth-order valence-electron chi connectivity index (χ4n) is 3.94. The summed E-state index contributed by atoms with van der Waals surface area (Å²) in [6.07, 6.45) is 10.2. The molecule has 4 rings (SSSR count). The first kappa shape index (κ1) is 18.6. The Kier molecular flexibility index (Phi) is 5.97. The number of amides is 1. The van der Waals surface area contributed by atoms with E-state index in [2.05, 4.69) is 56.2 Å². The molecular formula is C22H27N5O. The van der Waals surface area contributed by atoms with E-state index in [1.807, 2.05) is 17.0 Å². The molecule has 6 heteroatoms. The number of benzene rings is 1. The van der Waals surface area contributed by atoms with Crippen molar-refractivity contribution in [1.29, 1.82) is 0 Å². The van der Waals surface area contributed by atoms with Crippen molar-refractivity contribution >= 4 is 17.9 Å². The summed E-state index contributed by atoms with van der Waals surface area (Å²) in [6, 6.07) is 12.5. The van der Waals surface area contributed by atoms with Crippen LogP contribution in [0.25, 0.3) is 6.08 Å². The molecule has 1 aromatic heterocycles. The molecule has 6 nitrogen and oxygen atoms in total. The summed E-state index contributed by atoms with van der Waals surface area (Å²) in [5.74, 6) is 0.980. The summed E-state index contributed by atoms with van der Waals surface area (Å²) >= 11 is 0. The van der Waals surface area contributed by atoms with Gasteiger partial charge in [0.1, 0.15) is 0 Å². The van der Waals surface area contributed by atoms with Crippen LogP contribution in [0.2, 0.25) is 0 Å². The highest BCUT2D eigenvalue weighted by Crippen LogP contribution is 2.20. The second-order valence-corrected chi connectivity index (χ2v) is 7.37. The number of carbonyl (C=O) groups excluding carboxylic acids is 1. The van der Waals surface area contributed by atoms with Gasteiger partial charge in [0.25, 0.3) is 0 Å². The number of carbonyl (C=O) groups is 1. The quantitative estimate of drug-likeness (QED) is 0.800. The van der Waals surface area contributed by atoms with Gasteiger partial charge in [-0.25, -0.2) is 9.97 Å². The number of anilines is 1. The number of nitrogens with zero attached hydrogens (tertiary/aromatic N) is 5. The van der Waals surface area contributed by atoms with E-state index in [0.29, 0.717) is 12.6 Å². The van der Waals surface area contributed by atoms with Crippen LogP contribution in [0.3, 0.4) is 0 Å². The number of aromatic nitrogens is 2. The number of hydrogen-bond donors (Lipinski definition) is 0. The Bertz CT molecular complexity index is 787. The minimum Gasteiger partial charge on any atom is -0.338 e. The first-order chi connectivity index (χ1) is 13.8. The van der Waals surface area contributed by atoms with E-state index in [9.17, 15) is 4.79 Å². The predicted octanol–water partition coefficient (Wildman–Crippen LogP) is 2.30. The van der Waals surface area contributed by atoms with E-state index >= 15 is 0 Å². The Hall–Kier alpha value is -2.73. The first-order valence-corrected chi connectivity index (χ1v) is 10.1. The molecule has 0 N–H and O–H groups in total. The molecule has 1 unspecified atom stereocenters. The van der Waals surface area contributed by atoms with Crippen molar-refractivity contribution < 1.29 is 4.79 Å². The molecule has 0 saturated carbocycles. The van der Waals surface area contributed by atoms with Crippen LogP contribution in [0.5, 0.6) is 0 Å². The minimum absolute atomic E-state index is 0.230. The minimum atomic E-state index is 0.230. The SMILES string of the molecule is O=C(CN1CCCC1/C=C/c1ccccc1)N1CCN(c2ncccn2)CC1. The molecule has 2 aromatic rings. The second-order valence-electron chi connectivity index (χ2n) is 7.37. The molecule has 2 saturated heterocycles. The molecule has 0 bridgehead atoms. The van der Waals surface area contributed by atoms with Crippen molar-refractivity contribution in [2.24, 2.45) is 0 Å². The third kappa shape index (κ3) is 4.57. The molecule has 2 fully saturated rings. The fourth-order valence-corrected chi connectivity index (χ4v) is 3.94. The van der Waals surface area contributed by atoms with E-state index in [1.54, 1.807) is 12.4 Å². The highest BCUT2D eigenvalue weighted by Gasteiger charge is 2.28. The van der Waals surface area contributed by atoms with Gasteiger partial charge in [-0.1, -0.05) is 42.5 Å². The van der Waals surface area contributed by atoms with Crippen molar-refractivity contribution in [3.63, 3.8) is 0 Å². The predicted molar refractivity (Wildman–Crippen MR) is 111 cm³/mol. The second kappa shape index (κ2) is 8.97. The van der Waals surface area contributed by atoms with Crippen molar-refractivity contribution in [2.75, 3.05) is 44.2 Å². The molecule has 3 heterocycles. The lowest BCUT2D eigenvalue weighted by atomic mass is 10.1. The molecular weight excluding hydrogens is 350 g/mol. The Balaban J connectivity index is 1.29. The summed E-state index contributed by atoms with van der Waals surface area (Å²) in [6.45, 7) is 4.53. The van der Waals surface area contributed by atoms with Crippen LogP contribution in [0, 0.1) is 0 Å². The summed E-state index contributed by atoms with van der Waals surface area (Å²) in [5, 5.41) is 0. The van der Waals surface area contributed by atoms with Crippen molar-refractivity contribution in [3.05, 3.63) is 60.4 Å². The van der Waals surface area contributed by atoms with Gasteiger partial charge >= 0.3 is 0 Å². The number of hydrogen-bond acceptors (Lipinski definition) is 5. The largest absolute Gasteiger partial charge is 0.338 e. The van der Waals surface area contributed by atoms with Crippen LogP contribution >= 0.6 is 0 Å². The summed E-state index contributed by atoms with van der Waals surface area (Å²) in [5.41, 5.74) is 1.21. The monoisotopic (exact) mass is 377 g/mol. The molecule has 146 valence electrons. The zero-order chi connectivity index (χ0) is 19.2. The van der Waals surface area contributed by atoms with Gasteiger partial charge in [0.2, 0.25) is 11.9 Å². The van der Waals surface area contributed by atoms with Gasteiger partial charge in [-0.05, 0) is 31.0 Å².